The zero-order valence-electron chi connectivity index (χ0n) is 59.7. The molecule has 0 spiro atoms. The fourth-order valence-electron chi connectivity index (χ4n) is 17.1. The van der Waals surface area contributed by atoms with E-state index in [1.54, 1.807) is 34.8 Å². The van der Waals surface area contributed by atoms with Crippen LogP contribution in [0.15, 0.2) is 192 Å². The summed E-state index contributed by atoms with van der Waals surface area (Å²) in [5, 5.41) is 23.4. The quantitative estimate of drug-likeness (QED) is 0.0234. The van der Waals surface area contributed by atoms with Crippen molar-refractivity contribution < 1.29 is 9.59 Å². The first-order valence-corrected chi connectivity index (χ1v) is 40.8. The maximum atomic E-state index is 14.7. The molecule has 0 N–H and O–H groups in total. The van der Waals surface area contributed by atoms with E-state index < -0.39 is 10.8 Å². The van der Waals surface area contributed by atoms with Gasteiger partial charge in [0.25, 0.3) is 11.4 Å². The molecule has 15 rings (SSSR count). The van der Waals surface area contributed by atoms with Crippen LogP contribution in [0.25, 0.3) is 72.7 Å². The highest BCUT2D eigenvalue weighted by molar-refractivity contribution is 7.28. The van der Waals surface area contributed by atoms with Crippen molar-refractivity contribution in [2.75, 3.05) is 0 Å². The molecule has 0 bridgehead atoms. The molecule has 11 aromatic rings. The Labute approximate surface area is 628 Å². The zero-order chi connectivity index (χ0) is 71.6. The highest BCUT2D eigenvalue weighted by Crippen LogP contribution is 2.67. The van der Waals surface area contributed by atoms with E-state index in [0.717, 1.165) is 82.0 Å². The van der Waals surface area contributed by atoms with Crippen molar-refractivity contribution >= 4 is 100 Å². The fourth-order valence-corrected chi connectivity index (χ4v) is 22.3. The number of nitrogens with zero attached hydrogens (tertiary/aromatic N) is 4. The Bertz CT molecular complexity index is 5030. The zero-order valence-corrected chi connectivity index (χ0v) is 63.0. The Hall–Kier alpha value is -9.88. The molecule has 6 nitrogen and oxygen atoms in total. The van der Waals surface area contributed by atoms with Gasteiger partial charge < -0.3 is 0 Å². The molecule has 0 radical (unpaired) electrons. The van der Waals surface area contributed by atoms with Gasteiger partial charge in [-0.1, -0.05) is 250 Å². The van der Waals surface area contributed by atoms with Crippen LogP contribution in [-0.4, -0.2) is 11.6 Å². The predicted octanol–water partition coefficient (Wildman–Crippen LogP) is 26.3. The van der Waals surface area contributed by atoms with Crippen LogP contribution in [0.4, 0.5) is 0 Å². The summed E-state index contributed by atoms with van der Waals surface area (Å²) in [6.07, 6.45) is 26.8. The molecule has 0 amide bonds. The first-order chi connectivity index (χ1) is 51.1. The summed E-state index contributed by atoms with van der Waals surface area (Å²) in [5.41, 5.74) is 16.7. The molecular weight excluding hydrogens is 1350 g/mol. The Balaban J connectivity index is 0.990. The van der Waals surface area contributed by atoms with E-state index in [4.69, 9.17) is 13.1 Å². The number of unbranched alkanes of at least 4 members (excludes halogenated alkanes) is 12. The Morgan fingerprint density at radius 3 is 0.990 bits per heavy atom. The maximum Gasteiger partial charge on any atom is 0.270 e. The van der Waals surface area contributed by atoms with Crippen molar-refractivity contribution in [3.05, 3.63) is 314 Å². The van der Waals surface area contributed by atoms with Gasteiger partial charge in [-0.25, -0.2) is 20.2 Å². The number of rotatable bonds is 26. The van der Waals surface area contributed by atoms with Crippen LogP contribution in [0.3, 0.4) is 0 Å². The summed E-state index contributed by atoms with van der Waals surface area (Å²) in [4.78, 5) is 43.4. The SMILES string of the molecule is [C-]#[N+]/C(C#N)=C1\C(=C\c2cc3c(s2)-c2sc4cc5c6c(sc5cc4c2C3(c2ccc(CCCCCC)cc2)c2ccc(CCCCCC)cc2)-c2sc(/C=C3\C(=O)c4ccccc4\C3=C(\C#N)[N+]#[C-])cc2C6(c2ccc(CCCCCC)cc2)c2ccc(CCCCCC)cc2)C(=O)c2ccccc21. The largest absolute Gasteiger partial charge is 0.289 e. The minimum Gasteiger partial charge on any atom is -0.289 e. The van der Waals surface area contributed by atoms with Gasteiger partial charge in [0.1, 0.15) is 0 Å². The topological polar surface area (TPSA) is 90.4 Å². The van der Waals surface area contributed by atoms with Gasteiger partial charge in [-0.2, -0.15) is 0 Å². The number of aryl methyl sites for hydroxylation is 4. The van der Waals surface area contributed by atoms with Gasteiger partial charge in [-0.3, -0.25) is 9.59 Å². The van der Waals surface area contributed by atoms with Crippen LogP contribution in [0, 0.1) is 35.8 Å². The van der Waals surface area contributed by atoms with Crippen LogP contribution in [0.1, 0.15) is 239 Å². The molecule has 514 valence electrons. The van der Waals surface area contributed by atoms with E-state index in [1.165, 1.54) is 163 Å². The third kappa shape index (κ3) is 12.0. The minimum absolute atomic E-state index is 0.0942. The number of allylic oxidation sites excluding steroid dienone is 6. The van der Waals surface area contributed by atoms with Gasteiger partial charge in [0.2, 0.25) is 0 Å². The first-order valence-electron chi connectivity index (χ1n) is 37.5. The lowest BCUT2D eigenvalue weighted by molar-refractivity contribution is 0.103. The molecule has 4 aliphatic carbocycles. The summed E-state index contributed by atoms with van der Waals surface area (Å²) >= 11 is 7.10. The molecule has 4 aliphatic rings. The number of carbonyl (C=O) groups excluding carboxylic acids is 2. The Morgan fingerprint density at radius 1 is 0.394 bits per heavy atom. The van der Waals surface area contributed by atoms with Gasteiger partial charge in [0, 0.05) is 52.6 Å². The molecule has 104 heavy (non-hydrogen) atoms. The third-order valence-electron chi connectivity index (χ3n) is 22.2. The average molecular weight is 1430 g/mol. The van der Waals surface area contributed by atoms with Crippen LogP contribution in [0.5, 0.6) is 0 Å². The number of hydrogen-bond acceptors (Lipinski definition) is 8. The standard InChI is InChI=1S/C94H82N4O2S4/c1-7-11-15-19-27-59-35-43-63(44-36-59)93(64-45-37-60(38-46-64)28-20-16-12-8-2)77-53-67(51-75-83(79(57-95)97-5)69-31-23-25-33-71(69)87(75)99)101-89(77)91-85(93)73-55-82-74(56-81(73)103-91)86-92(104-82)90-78(54-68(102-90)52-76-84(80(58-96)98-6)70-32-24-26-34-72(70)88(76)100)94(86,65-47-39-61(40-48-65)29-21-17-13-9-3)66-49-41-62(42-50-66)30-22-18-14-10-4/h23-26,31-56H,7-22,27-30H2,1-4H3/b75-51-,76-52-,83-79-,84-80+. The second-order valence-electron chi connectivity index (χ2n) is 28.5. The van der Waals surface area contributed by atoms with E-state index in [9.17, 15) is 20.1 Å². The number of nitriles is 2. The van der Waals surface area contributed by atoms with Crippen LogP contribution >= 0.6 is 45.3 Å². The lowest BCUT2D eigenvalue weighted by atomic mass is 9.66. The van der Waals surface area contributed by atoms with E-state index >= 15 is 0 Å². The molecular formula is C94H82N4O2S4. The van der Waals surface area contributed by atoms with Crippen molar-refractivity contribution in [3.63, 3.8) is 0 Å². The summed E-state index contributed by atoms with van der Waals surface area (Å²) in [7, 11) is 0. The van der Waals surface area contributed by atoms with Crippen molar-refractivity contribution in [2.45, 2.75) is 167 Å². The molecule has 0 aliphatic heterocycles. The van der Waals surface area contributed by atoms with Gasteiger partial charge in [0.15, 0.2) is 11.6 Å². The Morgan fingerprint density at radius 2 is 0.702 bits per heavy atom. The van der Waals surface area contributed by atoms with E-state index in [2.05, 4.69) is 171 Å². The van der Waals surface area contributed by atoms with Crippen molar-refractivity contribution in [3.8, 4) is 31.6 Å². The summed E-state index contributed by atoms with van der Waals surface area (Å²) in [6.45, 7) is 25.4. The summed E-state index contributed by atoms with van der Waals surface area (Å²) in [6, 6.07) is 66.7. The Kier molecular flexibility index (Phi) is 20.2. The highest BCUT2D eigenvalue weighted by atomic mass is 32.1. The molecule has 7 aromatic carbocycles. The molecule has 0 saturated heterocycles. The van der Waals surface area contributed by atoms with Gasteiger partial charge in [0.05, 0.1) is 55.6 Å². The van der Waals surface area contributed by atoms with E-state index in [1.807, 2.05) is 71.2 Å². The number of thiophene rings is 4. The van der Waals surface area contributed by atoms with Crippen molar-refractivity contribution in [1.82, 2.24) is 0 Å². The van der Waals surface area contributed by atoms with Gasteiger partial charge >= 0.3 is 0 Å². The second kappa shape index (κ2) is 30.1. The van der Waals surface area contributed by atoms with E-state index in [0.29, 0.717) is 44.5 Å². The van der Waals surface area contributed by atoms with E-state index in [-0.39, 0.29) is 23.0 Å². The molecule has 10 heteroatoms. The fraction of sp³-hybridized carbons (Fsp3) is 0.277. The third-order valence-corrected chi connectivity index (χ3v) is 27.0. The van der Waals surface area contributed by atoms with Gasteiger partial charge in [-0.15, -0.1) is 45.3 Å². The maximum absolute atomic E-state index is 14.7. The molecule has 0 saturated carbocycles. The van der Waals surface area contributed by atoms with Crippen molar-refractivity contribution in [2.24, 2.45) is 0 Å². The average Bonchev–Trinajstić information content (AvgIpc) is 1.50. The van der Waals surface area contributed by atoms with Gasteiger partial charge in [-0.05, 0) is 176 Å². The monoisotopic (exact) mass is 1430 g/mol. The number of fused-ring (bicyclic) bond motifs is 12. The van der Waals surface area contributed by atoms with Crippen molar-refractivity contribution in [1.29, 1.82) is 10.5 Å². The predicted molar refractivity (Wildman–Crippen MR) is 435 cm³/mol. The lowest BCUT2D eigenvalue weighted by Gasteiger charge is -2.34. The van der Waals surface area contributed by atoms with Crippen LogP contribution in [-0.2, 0) is 36.5 Å². The normalized spacial score (nSPS) is 15.9. The van der Waals surface area contributed by atoms with Crippen LogP contribution < -0.4 is 0 Å². The number of ketones is 2. The number of Topliss-reactive ketones (excluding diaryl/α,β-unsaturated/α-hetero) is 2. The smallest absolute Gasteiger partial charge is 0.270 e. The molecule has 0 fully saturated rings. The number of benzene rings is 7. The number of hydrogen-bond donors (Lipinski definition) is 0. The number of carbonyl (C=O) groups is 2. The lowest BCUT2D eigenvalue weighted by Crippen LogP contribution is -2.28. The minimum atomic E-state index is -0.812. The molecule has 0 atom stereocenters. The molecule has 4 aromatic heterocycles. The second-order valence-corrected chi connectivity index (χ2v) is 32.8. The highest BCUT2D eigenvalue weighted by Gasteiger charge is 2.53. The van der Waals surface area contributed by atoms with Crippen LogP contribution in [0.2, 0.25) is 0 Å². The summed E-state index contributed by atoms with van der Waals surface area (Å²) < 4.78 is 2.36. The molecule has 4 heterocycles. The first kappa shape index (κ1) is 69.8. The molecule has 0 unspecified atom stereocenters. The summed E-state index contributed by atoms with van der Waals surface area (Å²) in [5.74, 6) is -0.373.